The van der Waals surface area contributed by atoms with Crippen LogP contribution in [-0.4, -0.2) is 46.9 Å². The van der Waals surface area contributed by atoms with Crippen LogP contribution in [0.3, 0.4) is 0 Å². The maximum atomic E-state index is 12.6. The number of carbonyl (C=O) groups excluding carboxylic acids is 4. The minimum atomic E-state index is -4.48. The summed E-state index contributed by atoms with van der Waals surface area (Å²) in [6.45, 7) is 1.40. The predicted octanol–water partition coefficient (Wildman–Crippen LogP) is 3.22. The molecule has 11 heteroatoms. The molecule has 3 rings (SSSR count). The van der Waals surface area contributed by atoms with Crippen molar-refractivity contribution in [2.45, 2.75) is 63.3 Å². The standard InChI is InChI=1S/C21H24F3N3O5/c1-13(17(29)25-15-8-6-14(7-9-15)21(22,23)24)32-16(28)5-4-12-27-18(30)20(26-19(27)31)10-2-3-11-20/h6-9,13H,2-5,10-12H2,1H3,(H,25,29)(H,26,31). The van der Waals surface area contributed by atoms with Crippen LogP contribution in [0, 0.1) is 0 Å². The van der Waals surface area contributed by atoms with Gasteiger partial charge < -0.3 is 15.4 Å². The van der Waals surface area contributed by atoms with Gasteiger partial charge in [0.15, 0.2) is 6.10 Å². The highest BCUT2D eigenvalue weighted by molar-refractivity contribution is 6.07. The Bertz CT molecular complexity index is 895. The maximum Gasteiger partial charge on any atom is 0.416 e. The minimum Gasteiger partial charge on any atom is -0.453 e. The fourth-order valence-corrected chi connectivity index (χ4v) is 3.87. The lowest BCUT2D eigenvalue weighted by atomic mass is 9.98. The predicted molar refractivity (Wildman–Crippen MR) is 106 cm³/mol. The van der Waals surface area contributed by atoms with Crippen LogP contribution in [-0.2, 0) is 25.3 Å². The summed E-state index contributed by atoms with van der Waals surface area (Å²) in [6.07, 6.45) is -2.61. The van der Waals surface area contributed by atoms with Crippen molar-refractivity contribution in [3.63, 3.8) is 0 Å². The third kappa shape index (κ3) is 5.20. The van der Waals surface area contributed by atoms with E-state index in [0.29, 0.717) is 12.8 Å². The third-order valence-corrected chi connectivity index (χ3v) is 5.62. The number of hydrogen-bond donors (Lipinski definition) is 2. The summed E-state index contributed by atoms with van der Waals surface area (Å²) in [5.41, 5.74) is -1.52. The van der Waals surface area contributed by atoms with Crippen LogP contribution in [0.4, 0.5) is 23.7 Å². The summed E-state index contributed by atoms with van der Waals surface area (Å²) < 4.78 is 42.8. The SMILES string of the molecule is CC(OC(=O)CCCN1C(=O)NC2(CCCC2)C1=O)C(=O)Nc1ccc(C(F)(F)F)cc1. The van der Waals surface area contributed by atoms with E-state index in [1.165, 1.54) is 6.92 Å². The van der Waals surface area contributed by atoms with Crippen molar-refractivity contribution in [1.82, 2.24) is 10.2 Å². The van der Waals surface area contributed by atoms with Crippen LogP contribution < -0.4 is 10.6 Å². The number of urea groups is 1. The van der Waals surface area contributed by atoms with E-state index in [1.807, 2.05) is 0 Å². The van der Waals surface area contributed by atoms with Gasteiger partial charge in [0.1, 0.15) is 5.54 Å². The molecule has 1 atom stereocenters. The first-order chi connectivity index (χ1) is 15.0. The quantitative estimate of drug-likeness (QED) is 0.485. The van der Waals surface area contributed by atoms with Crippen molar-refractivity contribution in [3.8, 4) is 0 Å². The smallest absolute Gasteiger partial charge is 0.416 e. The highest BCUT2D eigenvalue weighted by Gasteiger charge is 2.52. The van der Waals surface area contributed by atoms with Gasteiger partial charge >= 0.3 is 18.2 Å². The summed E-state index contributed by atoms with van der Waals surface area (Å²) >= 11 is 0. The summed E-state index contributed by atoms with van der Waals surface area (Å²) in [5, 5.41) is 5.13. The number of ether oxygens (including phenoxy) is 1. The molecule has 4 amide bonds. The lowest BCUT2D eigenvalue weighted by Gasteiger charge is -2.20. The Labute approximate surface area is 182 Å². The molecule has 1 heterocycles. The lowest BCUT2D eigenvalue weighted by Crippen LogP contribution is -2.44. The Morgan fingerprint density at radius 1 is 1.19 bits per heavy atom. The van der Waals surface area contributed by atoms with Gasteiger partial charge in [-0.2, -0.15) is 13.2 Å². The number of nitrogens with one attached hydrogen (secondary N) is 2. The molecular formula is C21H24F3N3O5. The number of hydrogen-bond acceptors (Lipinski definition) is 5. The van der Waals surface area contributed by atoms with Crippen LogP contribution in [0.15, 0.2) is 24.3 Å². The van der Waals surface area contributed by atoms with Crippen LogP contribution in [0.5, 0.6) is 0 Å². The molecule has 1 aliphatic carbocycles. The number of benzene rings is 1. The van der Waals surface area contributed by atoms with Crippen LogP contribution in [0.25, 0.3) is 0 Å². The number of rotatable bonds is 7. The molecule has 174 valence electrons. The number of carbonyl (C=O) groups is 4. The Kier molecular flexibility index (Phi) is 6.75. The van der Waals surface area contributed by atoms with Gasteiger partial charge in [-0.05, 0) is 50.5 Å². The second-order valence-electron chi connectivity index (χ2n) is 7.98. The molecule has 1 aromatic carbocycles. The van der Waals surface area contributed by atoms with E-state index < -0.39 is 41.3 Å². The molecule has 0 bridgehead atoms. The summed E-state index contributed by atoms with van der Waals surface area (Å²) in [6, 6.07) is 3.40. The zero-order valence-electron chi connectivity index (χ0n) is 17.5. The minimum absolute atomic E-state index is 0.0631. The summed E-state index contributed by atoms with van der Waals surface area (Å²) in [5.74, 6) is -1.66. The number of esters is 1. The Morgan fingerprint density at radius 2 is 1.81 bits per heavy atom. The number of alkyl halides is 3. The average Bonchev–Trinajstić information content (AvgIpc) is 3.28. The fraction of sp³-hybridized carbons (Fsp3) is 0.524. The normalized spacial score (nSPS) is 18.6. The molecule has 2 aliphatic rings. The van der Waals surface area contributed by atoms with Crippen molar-refractivity contribution in [2.75, 3.05) is 11.9 Å². The van der Waals surface area contributed by atoms with Crippen LogP contribution in [0.1, 0.15) is 51.0 Å². The van der Waals surface area contributed by atoms with Crippen molar-refractivity contribution < 1.29 is 37.1 Å². The van der Waals surface area contributed by atoms with Gasteiger partial charge in [0.05, 0.1) is 5.56 Å². The van der Waals surface area contributed by atoms with Gasteiger partial charge in [0.2, 0.25) is 0 Å². The largest absolute Gasteiger partial charge is 0.453 e. The van der Waals surface area contributed by atoms with E-state index in [2.05, 4.69) is 10.6 Å². The molecule has 1 saturated heterocycles. The Balaban J connectivity index is 1.42. The Morgan fingerprint density at radius 3 is 2.41 bits per heavy atom. The van der Waals surface area contributed by atoms with E-state index in [9.17, 15) is 32.3 Å². The van der Waals surface area contributed by atoms with Gasteiger partial charge in [-0.25, -0.2) is 4.79 Å². The second-order valence-corrected chi connectivity index (χ2v) is 7.98. The van der Waals surface area contributed by atoms with Crippen molar-refractivity contribution in [2.24, 2.45) is 0 Å². The van der Waals surface area contributed by atoms with E-state index >= 15 is 0 Å². The molecule has 1 saturated carbocycles. The molecule has 1 aromatic rings. The van der Waals surface area contributed by atoms with Crippen LogP contribution in [0.2, 0.25) is 0 Å². The van der Waals surface area contributed by atoms with Gasteiger partial charge in [0, 0.05) is 18.7 Å². The van der Waals surface area contributed by atoms with Crippen molar-refractivity contribution in [3.05, 3.63) is 29.8 Å². The van der Waals surface area contributed by atoms with Gasteiger partial charge in [-0.1, -0.05) is 12.8 Å². The monoisotopic (exact) mass is 455 g/mol. The van der Waals surface area contributed by atoms with E-state index in [4.69, 9.17) is 4.74 Å². The highest BCUT2D eigenvalue weighted by Crippen LogP contribution is 2.35. The lowest BCUT2D eigenvalue weighted by molar-refractivity contribution is -0.153. The number of amides is 4. The van der Waals surface area contributed by atoms with Crippen molar-refractivity contribution in [1.29, 1.82) is 0 Å². The summed E-state index contributed by atoms with van der Waals surface area (Å²) in [7, 11) is 0. The molecular weight excluding hydrogens is 431 g/mol. The molecule has 2 fully saturated rings. The molecule has 0 aromatic heterocycles. The molecule has 2 N–H and O–H groups in total. The van der Waals surface area contributed by atoms with Gasteiger partial charge in [-0.3, -0.25) is 19.3 Å². The molecule has 1 unspecified atom stereocenters. The number of halogens is 3. The molecule has 1 spiro atoms. The molecule has 0 radical (unpaired) electrons. The molecule has 8 nitrogen and oxygen atoms in total. The van der Waals surface area contributed by atoms with Crippen molar-refractivity contribution >= 4 is 29.5 Å². The first-order valence-corrected chi connectivity index (χ1v) is 10.3. The second kappa shape index (κ2) is 9.17. The van der Waals surface area contributed by atoms with Gasteiger partial charge in [0.25, 0.3) is 11.8 Å². The van der Waals surface area contributed by atoms with E-state index in [-0.39, 0.29) is 31.0 Å². The molecule has 32 heavy (non-hydrogen) atoms. The zero-order valence-corrected chi connectivity index (χ0v) is 17.5. The summed E-state index contributed by atoms with van der Waals surface area (Å²) in [4.78, 5) is 49.9. The first kappa shape index (κ1) is 23.6. The first-order valence-electron chi connectivity index (χ1n) is 10.3. The maximum absolute atomic E-state index is 12.6. The fourth-order valence-electron chi connectivity index (χ4n) is 3.87. The van der Waals surface area contributed by atoms with Crippen LogP contribution >= 0.6 is 0 Å². The van der Waals surface area contributed by atoms with E-state index in [0.717, 1.165) is 42.0 Å². The highest BCUT2D eigenvalue weighted by atomic mass is 19.4. The topological polar surface area (TPSA) is 105 Å². The number of nitrogens with zero attached hydrogens (tertiary/aromatic N) is 1. The zero-order chi connectivity index (χ0) is 23.5. The number of imide groups is 1. The van der Waals surface area contributed by atoms with Gasteiger partial charge in [-0.15, -0.1) is 0 Å². The third-order valence-electron chi connectivity index (χ3n) is 5.62. The number of anilines is 1. The molecule has 1 aliphatic heterocycles. The van der Waals surface area contributed by atoms with E-state index in [1.54, 1.807) is 0 Å². The average molecular weight is 455 g/mol. The Hall–Kier alpha value is -3.11.